The molecule has 2 aromatic carbocycles. The molecular weight excluding hydrogens is 364 g/mol. The van der Waals surface area contributed by atoms with E-state index in [1.54, 1.807) is 18.9 Å². The Kier molecular flexibility index (Phi) is 5.96. The zero-order valence-electron chi connectivity index (χ0n) is 14.9. The van der Waals surface area contributed by atoms with Crippen molar-refractivity contribution in [2.24, 2.45) is 0 Å². The molecule has 0 aliphatic rings. The fourth-order valence-electron chi connectivity index (χ4n) is 2.35. The van der Waals surface area contributed by atoms with Crippen LogP contribution in [0.1, 0.15) is 24.2 Å². The van der Waals surface area contributed by atoms with E-state index in [-0.39, 0.29) is 5.91 Å². The maximum absolute atomic E-state index is 12.4. The Morgan fingerprint density at radius 3 is 2.42 bits per heavy atom. The molecule has 1 N–H and O–H groups in total. The topological polar surface area (TPSA) is 51.2 Å². The standard InChI is InChI=1S/C20H20N2O2S2/c1-13(2)26-17-10-6-15(7-11-17)19(23)22-20-21-18(12-25-20)14-4-8-16(24-3)9-5-14/h4-13H,1-3H3,(H,21,22,23). The number of rotatable bonds is 6. The molecular formula is C20H20N2O2S2. The quantitative estimate of drug-likeness (QED) is 0.564. The fraction of sp³-hybridized carbons (Fsp3) is 0.200. The van der Waals surface area contributed by atoms with Crippen LogP contribution in [0.3, 0.4) is 0 Å². The number of nitrogens with zero attached hydrogens (tertiary/aromatic N) is 1. The number of carbonyl (C=O) groups excluding carboxylic acids is 1. The van der Waals surface area contributed by atoms with Gasteiger partial charge in [-0.3, -0.25) is 10.1 Å². The summed E-state index contributed by atoms with van der Waals surface area (Å²) in [6, 6.07) is 15.3. The smallest absolute Gasteiger partial charge is 0.257 e. The number of benzene rings is 2. The van der Waals surface area contributed by atoms with E-state index in [4.69, 9.17) is 4.74 Å². The SMILES string of the molecule is COc1ccc(-c2csc(NC(=O)c3ccc(SC(C)C)cc3)n2)cc1. The number of anilines is 1. The lowest BCUT2D eigenvalue weighted by molar-refractivity contribution is 0.102. The second kappa shape index (κ2) is 8.38. The van der Waals surface area contributed by atoms with Crippen molar-refractivity contribution >= 4 is 34.1 Å². The lowest BCUT2D eigenvalue weighted by Crippen LogP contribution is -2.11. The van der Waals surface area contributed by atoms with Gasteiger partial charge in [0.25, 0.3) is 5.91 Å². The van der Waals surface area contributed by atoms with Gasteiger partial charge in [0, 0.05) is 26.7 Å². The largest absolute Gasteiger partial charge is 0.497 e. The summed E-state index contributed by atoms with van der Waals surface area (Å²) in [5, 5.41) is 5.90. The molecule has 0 unspecified atom stereocenters. The molecule has 0 fully saturated rings. The number of ether oxygens (including phenoxy) is 1. The van der Waals surface area contributed by atoms with Crippen molar-refractivity contribution in [1.29, 1.82) is 0 Å². The van der Waals surface area contributed by atoms with Crippen molar-refractivity contribution < 1.29 is 9.53 Å². The molecule has 0 aliphatic carbocycles. The molecule has 3 aromatic rings. The van der Waals surface area contributed by atoms with Crippen LogP contribution in [0.5, 0.6) is 5.75 Å². The van der Waals surface area contributed by atoms with E-state index in [1.165, 1.54) is 11.3 Å². The number of carbonyl (C=O) groups is 1. The first-order valence-corrected chi connectivity index (χ1v) is 9.99. The third-order valence-corrected chi connectivity index (χ3v) is 5.37. The minimum atomic E-state index is -0.151. The molecule has 4 nitrogen and oxygen atoms in total. The molecule has 0 saturated carbocycles. The molecule has 26 heavy (non-hydrogen) atoms. The van der Waals surface area contributed by atoms with Gasteiger partial charge in [-0.15, -0.1) is 23.1 Å². The zero-order chi connectivity index (χ0) is 18.5. The van der Waals surface area contributed by atoms with E-state index in [2.05, 4.69) is 24.1 Å². The minimum absolute atomic E-state index is 0.151. The van der Waals surface area contributed by atoms with Crippen molar-refractivity contribution in [1.82, 2.24) is 4.98 Å². The number of hydrogen-bond donors (Lipinski definition) is 1. The van der Waals surface area contributed by atoms with Crippen LogP contribution in [0, 0.1) is 0 Å². The average molecular weight is 385 g/mol. The van der Waals surface area contributed by atoms with Gasteiger partial charge >= 0.3 is 0 Å². The van der Waals surface area contributed by atoms with Gasteiger partial charge in [-0.05, 0) is 48.5 Å². The molecule has 134 valence electrons. The summed E-state index contributed by atoms with van der Waals surface area (Å²) in [5.41, 5.74) is 2.44. The summed E-state index contributed by atoms with van der Waals surface area (Å²) in [7, 11) is 1.64. The Labute approximate surface area is 161 Å². The number of amides is 1. The van der Waals surface area contributed by atoms with Gasteiger partial charge in [-0.2, -0.15) is 0 Å². The summed E-state index contributed by atoms with van der Waals surface area (Å²) >= 11 is 3.19. The highest BCUT2D eigenvalue weighted by atomic mass is 32.2. The van der Waals surface area contributed by atoms with Crippen molar-refractivity contribution in [3.8, 4) is 17.0 Å². The predicted octanol–water partition coefficient (Wildman–Crippen LogP) is 5.57. The molecule has 1 amide bonds. The minimum Gasteiger partial charge on any atom is -0.497 e. The van der Waals surface area contributed by atoms with Crippen LogP contribution < -0.4 is 10.1 Å². The molecule has 0 spiro atoms. The summed E-state index contributed by atoms with van der Waals surface area (Å²) in [5.74, 6) is 0.651. The van der Waals surface area contributed by atoms with Crippen LogP contribution in [-0.4, -0.2) is 23.3 Å². The van der Waals surface area contributed by atoms with E-state index in [0.717, 1.165) is 21.9 Å². The maximum Gasteiger partial charge on any atom is 0.257 e. The number of nitrogens with one attached hydrogen (secondary N) is 1. The van der Waals surface area contributed by atoms with Crippen molar-refractivity contribution in [3.63, 3.8) is 0 Å². The predicted molar refractivity (Wildman–Crippen MR) is 109 cm³/mol. The first kappa shape index (κ1) is 18.5. The van der Waals surface area contributed by atoms with E-state index in [0.29, 0.717) is 15.9 Å². The molecule has 0 bridgehead atoms. The molecule has 0 atom stereocenters. The first-order valence-electron chi connectivity index (χ1n) is 8.23. The van der Waals surface area contributed by atoms with Crippen molar-refractivity contribution in [2.75, 3.05) is 12.4 Å². The number of methoxy groups -OCH3 is 1. The van der Waals surface area contributed by atoms with Crippen LogP contribution in [0.15, 0.2) is 58.8 Å². The maximum atomic E-state index is 12.4. The number of thiazole rings is 1. The lowest BCUT2D eigenvalue weighted by Gasteiger charge is -2.06. The Bertz CT molecular complexity index is 872. The highest BCUT2D eigenvalue weighted by Crippen LogP contribution is 2.27. The number of thioether (sulfide) groups is 1. The second-order valence-corrected chi connectivity index (χ2v) is 8.42. The third-order valence-electron chi connectivity index (χ3n) is 3.60. The fourth-order valence-corrected chi connectivity index (χ4v) is 3.90. The van der Waals surface area contributed by atoms with E-state index in [1.807, 2.05) is 53.9 Å². The molecule has 6 heteroatoms. The van der Waals surface area contributed by atoms with E-state index in [9.17, 15) is 4.79 Å². The molecule has 0 radical (unpaired) electrons. The highest BCUT2D eigenvalue weighted by molar-refractivity contribution is 7.99. The Hall–Kier alpha value is -2.31. The van der Waals surface area contributed by atoms with Crippen LogP contribution in [-0.2, 0) is 0 Å². The molecule has 1 aromatic heterocycles. The molecule has 1 heterocycles. The number of hydrogen-bond acceptors (Lipinski definition) is 5. The van der Waals surface area contributed by atoms with Gasteiger partial charge < -0.3 is 4.74 Å². The molecule has 3 rings (SSSR count). The van der Waals surface area contributed by atoms with Crippen LogP contribution in [0.25, 0.3) is 11.3 Å². The van der Waals surface area contributed by atoms with Crippen LogP contribution >= 0.6 is 23.1 Å². The average Bonchev–Trinajstić information content (AvgIpc) is 3.10. The van der Waals surface area contributed by atoms with Crippen LogP contribution in [0.2, 0.25) is 0 Å². The van der Waals surface area contributed by atoms with Gasteiger partial charge in [0.05, 0.1) is 12.8 Å². The lowest BCUT2D eigenvalue weighted by atomic mass is 10.2. The normalized spacial score (nSPS) is 10.8. The van der Waals surface area contributed by atoms with Gasteiger partial charge in [0.15, 0.2) is 5.13 Å². The van der Waals surface area contributed by atoms with Gasteiger partial charge in [-0.1, -0.05) is 13.8 Å². The Morgan fingerprint density at radius 2 is 1.81 bits per heavy atom. The Balaban J connectivity index is 1.67. The zero-order valence-corrected chi connectivity index (χ0v) is 16.5. The summed E-state index contributed by atoms with van der Waals surface area (Å²) in [4.78, 5) is 18.1. The van der Waals surface area contributed by atoms with Crippen LogP contribution in [0.4, 0.5) is 5.13 Å². The van der Waals surface area contributed by atoms with Gasteiger partial charge in [0.2, 0.25) is 0 Å². The molecule has 0 aliphatic heterocycles. The monoisotopic (exact) mass is 384 g/mol. The Morgan fingerprint density at radius 1 is 1.12 bits per heavy atom. The first-order chi connectivity index (χ1) is 12.5. The summed E-state index contributed by atoms with van der Waals surface area (Å²) in [6.07, 6.45) is 0. The van der Waals surface area contributed by atoms with Gasteiger partial charge in [-0.25, -0.2) is 4.98 Å². The van der Waals surface area contributed by atoms with Crippen molar-refractivity contribution in [3.05, 3.63) is 59.5 Å². The molecule has 0 saturated heterocycles. The van der Waals surface area contributed by atoms with Crippen molar-refractivity contribution in [2.45, 2.75) is 24.0 Å². The number of aromatic nitrogens is 1. The van der Waals surface area contributed by atoms with E-state index >= 15 is 0 Å². The third kappa shape index (κ3) is 4.65. The summed E-state index contributed by atoms with van der Waals surface area (Å²) < 4.78 is 5.17. The second-order valence-electron chi connectivity index (χ2n) is 5.91. The summed E-state index contributed by atoms with van der Waals surface area (Å²) in [6.45, 7) is 4.29. The van der Waals surface area contributed by atoms with E-state index < -0.39 is 0 Å². The highest BCUT2D eigenvalue weighted by Gasteiger charge is 2.10. The van der Waals surface area contributed by atoms with Gasteiger partial charge in [0.1, 0.15) is 5.75 Å².